The summed E-state index contributed by atoms with van der Waals surface area (Å²) < 4.78 is 0. The number of hydrogen-bond acceptors (Lipinski definition) is 5. The maximum atomic E-state index is 6.26. The number of aromatic nitrogens is 5. The van der Waals surface area contributed by atoms with Crippen LogP contribution in [0, 0.1) is 0 Å². The van der Waals surface area contributed by atoms with Gasteiger partial charge in [-0.3, -0.25) is 0 Å². The molecular formula is C29H18ClN5. The topological polar surface area (TPSA) is 64.5 Å². The highest BCUT2D eigenvalue weighted by atomic mass is 35.5. The van der Waals surface area contributed by atoms with Crippen LogP contribution in [0.3, 0.4) is 0 Å². The van der Waals surface area contributed by atoms with Crippen molar-refractivity contribution in [2.45, 2.75) is 0 Å². The van der Waals surface area contributed by atoms with E-state index in [4.69, 9.17) is 26.6 Å². The summed E-state index contributed by atoms with van der Waals surface area (Å²) in [6.45, 7) is 0. The number of benzene rings is 4. The van der Waals surface area contributed by atoms with Crippen LogP contribution in [0.1, 0.15) is 0 Å². The van der Waals surface area contributed by atoms with Gasteiger partial charge in [-0.2, -0.15) is 0 Å². The predicted molar refractivity (Wildman–Crippen MR) is 140 cm³/mol. The van der Waals surface area contributed by atoms with Crippen molar-refractivity contribution in [2.24, 2.45) is 0 Å². The van der Waals surface area contributed by atoms with Gasteiger partial charge in [-0.05, 0) is 0 Å². The molecule has 0 saturated heterocycles. The Hall–Kier alpha value is -4.48. The van der Waals surface area contributed by atoms with Crippen molar-refractivity contribution in [1.82, 2.24) is 25.1 Å². The van der Waals surface area contributed by atoms with Crippen LogP contribution < -0.4 is 0 Å². The van der Waals surface area contributed by atoms with Crippen molar-refractivity contribution in [2.75, 3.05) is 0 Å². The number of halogens is 1. The quantitative estimate of drug-likeness (QED) is 0.273. The Morgan fingerprint density at radius 3 is 1.37 bits per heavy atom. The van der Waals surface area contributed by atoms with Gasteiger partial charge in [-0.1, -0.05) is 121 Å². The van der Waals surface area contributed by atoms with Crippen molar-refractivity contribution >= 4 is 22.4 Å². The third-order valence-corrected chi connectivity index (χ3v) is 6.04. The monoisotopic (exact) mass is 471 g/mol. The van der Waals surface area contributed by atoms with Gasteiger partial charge in [0.25, 0.3) is 0 Å². The molecule has 5 nitrogen and oxygen atoms in total. The van der Waals surface area contributed by atoms with Crippen LogP contribution in [-0.4, -0.2) is 25.1 Å². The normalized spacial score (nSPS) is 11.0. The number of rotatable bonds is 4. The largest absolute Gasteiger partial charge is 0.208 e. The van der Waals surface area contributed by atoms with Gasteiger partial charge in [-0.15, -0.1) is 10.2 Å². The van der Waals surface area contributed by atoms with Crippen LogP contribution in [0.4, 0.5) is 0 Å². The first-order chi connectivity index (χ1) is 17.3. The van der Waals surface area contributed by atoms with E-state index in [0.717, 1.165) is 38.7 Å². The molecule has 6 rings (SSSR count). The summed E-state index contributed by atoms with van der Waals surface area (Å²) in [6, 6.07) is 35.8. The second-order valence-electron chi connectivity index (χ2n) is 8.00. The molecule has 0 atom stereocenters. The van der Waals surface area contributed by atoms with Gasteiger partial charge in [0, 0.05) is 33.0 Å². The molecule has 4 aromatic carbocycles. The lowest BCUT2D eigenvalue weighted by Gasteiger charge is -2.09. The average molecular weight is 472 g/mol. The number of hydrogen-bond donors (Lipinski definition) is 0. The molecular weight excluding hydrogens is 454 g/mol. The molecule has 2 aromatic heterocycles. The predicted octanol–water partition coefficient (Wildman–Crippen LogP) is 7.14. The highest BCUT2D eigenvalue weighted by molar-refractivity contribution is 6.34. The molecule has 0 amide bonds. The Balaban J connectivity index is 1.45. The van der Waals surface area contributed by atoms with Crippen LogP contribution in [0.15, 0.2) is 109 Å². The third-order valence-electron chi connectivity index (χ3n) is 5.76. The van der Waals surface area contributed by atoms with E-state index in [1.807, 2.05) is 109 Å². The molecule has 0 N–H and O–H groups in total. The van der Waals surface area contributed by atoms with Gasteiger partial charge in [0.15, 0.2) is 22.6 Å². The van der Waals surface area contributed by atoms with Crippen LogP contribution in [0.25, 0.3) is 56.2 Å². The fraction of sp³-hybridized carbons (Fsp3) is 0. The highest BCUT2D eigenvalue weighted by Gasteiger charge is 2.13. The fourth-order valence-electron chi connectivity index (χ4n) is 4.00. The first-order valence-corrected chi connectivity index (χ1v) is 11.5. The molecule has 6 aromatic rings. The molecule has 0 spiro atoms. The molecule has 0 saturated carbocycles. The SMILES string of the molecule is Clc1nnc(-c2ccc(-c3nc(-c4ccccc4)nc(-c4ccccc4)n3)cc2)c2ccccc12. The molecule has 0 aliphatic carbocycles. The highest BCUT2D eigenvalue weighted by Crippen LogP contribution is 2.31. The van der Waals surface area contributed by atoms with E-state index in [-0.39, 0.29) is 0 Å². The van der Waals surface area contributed by atoms with Crippen LogP contribution in [0.2, 0.25) is 5.15 Å². The molecule has 0 bridgehead atoms. The molecule has 6 heteroatoms. The summed E-state index contributed by atoms with van der Waals surface area (Å²) in [6.07, 6.45) is 0. The lowest BCUT2D eigenvalue weighted by molar-refractivity contribution is 1.06. The third kappa shape index (κ3) is 4.14. The fourth-order valence-corrected chi connectivity index (χ4v) is 4.20. The van der Waals surface area contributed by atoms with Crippen LogP contribution in [-0.2, 0) is 0 Å². The molecule has 0 unspecified atom stereocenters. The van der Waals surface area contributed by atoms with E-state index in [9.17, 15) is 0 Å². The van der Waals surface area contributed by atoms with Crippen molar-refractivity contribution in [3.8, 4) is 45.4 Å². The zero-order valence-electron chi connectivity index (χ0n) is 18.5. The number of fused-ring (bicyclic) bond motifs is 1. The molecule has 0 radical (unpaired) electrons. The summed E-state index contributed by atoms with van der Waals surface area (Å²) >= 11 is 6.26. The summed E-state index contributed by atoms with van der Waals surface area (Å²) in [7, 11) is 0. The van der Waals surface area contributed by atoms with Gasteiger partial charge < -0.3 is 0 Å². The van der Waals surface area contributed by atoms with E-state index >= 15 is 0 Å². The Morgan fingerprint density at radius 2 is 0.829 bits per heavy atom. The van der Waals surface area contributed by atoms with Crippen LogP contribution >= 0.6 is 11.6 Å². The summed E-state index contributed by atoms with van der Waals surface area (Å²) in [5.41, 5.74) is 4.48. The summed E-state index contributed by atoms with van der Waals surface area (Å²) in [5.74, 6) is 1.87. The van der Waals surface area contributed by atoms with Gasteiger partial charge in [-0.25, -0.2) is 15.0 Å². The summed E-state index contributed by atoms with van der Waals surface area (Å²) in [4.78, 5) is 14.3. The molecule has 166 valence electrons. The van der Waals surface area contributed by atoms with E-state index in [1.54, 1.807) is 0 Å². The van der Waals surface area contributed by atoms with E-state index in [1.165, 1.54) is 0 Å². The molecule has 35 heavy (non-hydrogen) atoms. The minimum Gasteiger partial charge on any atom is -0.208 e. The zero-order valence-corrected chi connectivity index (χ0v) is 19.3. The lowest BCUT2D eigenvalue weighted by atomic mass is 10.0. The van der Waals surface area contributed by atoms with E-state index in [2.05, 4.69) is 10.2 Å². The van der Waals surface area contributed by atoms with Crippen molar-refractivity contribution in [3.63, 3.8) is 0 Å². The Bertz CT molecular complexity index is 1580. The van der Waals surface area contributed by atoms with Crippen molar-refractivity contribution < 1.29 is 0 Å². The maximum absolute atomic E-state index is 6.26. The van der Waals surface area contributed by atoms with Crippen molar-refractivity contribution in [3.05, 3.63) is 114 Å². The number of nitrogens with zero attached hydrogens (tertiary/aromatic N) is 5. The Labute approximate surface area is 207 Å². The second kappa shape index (κ2) is 9.05. The van der Waals surface area contributed by atoms with E-state index in [0.29, 0.717) is 22.6 Å². The summed E-state index contributed by atoms with van der Waals surface area (Å²) in [5, 5.41) is 10.7. The van der Waals surface area contributed by atoms with E-state index < -0.39 is 0 Å². The first kappa shape index (κ1) is 21.1. The van der Waals surface area contributed by atoms with Gasteiger partial charge in [0.1, 0.15) is 5.69 Å². The Morgan fingerprint density at radius 1 is 0.400 bits per heavy atom. The maximum Gasteiger partial charge on any atom is 0.164 e. The average Bonchev–Trinajstić information content (AvgIpc) is 2.94. The van der Waals surface area contributed by atoms with Crippen LogP contribution in [0.5, 0.6) is 0 Å². The molecule has 0 fully saturated rings. The minimum absolute atomic E-state index is 0.396. The second-order valence-corrected chi connectivity index (χ2v) is 8.36. The van der Waals surface area contributed by atoms with Gasteiger partial charge in [0.2, 0.25) is 0 Å². The Kier molecular flexibility index (Phi) is 5.45. The first-order valence-electron chi connectivity index (χ1n) is 11.1. The zero-order chi connectivity index (χ0) is 23.6. The molecule has 0 aliphatic heterocycles. The minimum atomic E-state index is 0.396. The van der Waals surface area contributed by atoms with Gasteiger partial charge >= 0.3 is 0 Å². The lowest BCUT2D eigenvalue weighted by Crippen LogP contribution is -2.00. The van der Waals surface area contributed by atoms with Gasteiger partial charge in [0.05, 0.1) is 0 Å². The standard InChI is InChI=1S/C29H18ClN5/c30-26-24-14-8-7-13-23(24)25(34-35-26)19-15-17-22(18-16-19)29-32-27(20-9-3-1-4-10-20)31-28(33-29)21-11-5-2-6-12-21/h1-18H. The molecule has 0 aliphatic rings. The van der Waals surface area contributed by atoms with Crippen molar-refractivity contribution in [1.29, 1.82) is 0 Å². The molecule has 2 heterocycles. The smallest absolute Gasteiger partial charge is 0.164 e.